The van der Waals surface area contributed by atoms with E-state index in [0.29, 0.717) is 11.8 Å². The van der Waals surface area contributed by atoms with Gasteiger partial charge in [0.2, 0.25) is 0 Å². The van der Waals surface area contributed by atoms with Gasteiger partial charge in [-0.15, -0.1) is 0 Å². The number of phenolic OH excluding ortho intramolecular Hbond substituents is 1. The Morgan fingerprint density at radius 3 is 2.80 bits per heavy atom. The standard InChI is InChI=1S/C13H17NO/c15-13-5-3-4-10-11(13)6-7-12(10)14-8-1-2-9-14/h3-5,12,15H,1-2,6-9H2/t12-/m0/s1. The molecule has 0 spiro atoms. The Morgan fingerprint density at radius 1 is 1.20 bits per heavy atom. The minimum absolute atomic E-state index is 0.495. The first-order chi connectivity index (χ1) is 7.36. The van der Waals surface area contributed by atoms with Crippen LogP contribution in [0.3, 0.4) is 0 Å². The molecule has 0 unspecified atom stereocenters. The summed E-state index contributed by atoms with van der Waals surface area (Å²) in [5, 5.41) is 9.77. The predicted molar refractivity (Wildman–Crippen MR) is 60.0 cm³/mol. The highest BCUT2D eigenvalue weighted by Gasteiger charge is 2.30. The molecule has 1 fully saturated rings. The molecule has 1 N–H and O–H groups in total. The third kappa shape index (κ3) is 1.44. The van der Waals surface area contributed by atoms with E-state index >= 15 is 0 Å². The first kappa shape index (κ1) is 9.22. The molecule has 2 aliphatic rings. The van der Waals surface area contributed by atoms with Crippen LogP contribution in [-0.2, 0) is 6.42 Å². The van der Waals surface area contributed by atoms with Crippen molar-refractivity contribution in [3.8, 4) is 5.75 Å². The zero-order valence-corrected chi connectivity index (χ0v) is 8.95. The van der Waals surface area contributed by atoms with Crippen LogP contribution < -0.4 is 0 Å². The van der Waals surface area contributed by atoms with Crippen LogP contribution in [0.1, 0.15) is 36.4 Å². The lowest BCUT2D eigenvalue weighted by Crippen LogP contribution is -2.23. The summed E-state index contributed by atoms with van der Waals surface area (Å²) in [4.78, 5) is 2.57. The van der Waals surface area contributed by atoms with Crippen molar-refractivity contribution in [1.29, 1.82) is 0 Å². The second kappa shape index (κ2) is 3.53. The van der Waals surface area contributed by atoms with Crippen LogP contribution in [0.4, 0.5) is 0 Å². The normalized spacial score (nSPS) is 25.7. The van der Waals surface area contributed by atoms with Crippen LogP contribution in [0.15, 0.2) is 18.2 Å². The monoisotopic (exact) mass is 203 g/mol. The van der Waals surface area contributed by atoms with Gasteiger partial charge in [0.05, 0.1) is 0 Å². The largest absolute Gasteiger partial charge is 0.508 e. The molecule has 0 radical (unpaired) electrons. The molecule has 15 heavy (non-hydrogen) atoms. The molecule has 80 valence electrons. The van der Waals surface area contributed by atoms with Crippen LogP contribution in [-0.4, -0.2) is 23.1 Å². The fourth-order valence-corrected chi connectivity index (χ4v) is 3.05. The summed E-state index contributed by atoms with van der Waals surface area (Å²) in [7, 11) is 0. The van der Waals surface area contributed by atoms with E-state index in [1.54, 1.807) is 0 Å². The van der Waals surface area contributed by atoms with Gasteiger partial charge in [-0.1, -0.05) is 12.1 Å². The molecule has 1 aliphatic heterocycles. The molecular formula is C13H17NO. The fraction of sp³-hybridized carbons (Fsp3) is 0.538. The van der Waals surface area contributed by atoms with E-state index in [2.05, 4.69) is 11.0 Å². The van der Waals surface area contributed by atoms with Crippen molar-refractivity contribution in [2.75, 3.05) is 13.1 Å². The van der Waals surface area contributed by atoms with Gasteiger partial charge in [0, 0.05) is 6.04 Å². The molecule has 0 amide bonds. The van der Waals surface area contributed by atoms with Crippen molar-refractivity contribution in [2.45, 2.75) is 31.7 Å². The summed E-state index contributed by atoms with van der Waals surface area (Å²) in [6.45, 7) is 2.47. The van der Waals surface area contributed by atoms with Gasteiger partial charge in [0.15, 0.2) is 0 Å². The average molecular weight is 203 g/mol. The van der Waals surface area contributed by atoms with Crippen LogP contribution in [0.2, 0.25) is 0 Å². The van der Waals surface area contributed by atoms with Crippen molar-refractivity contribution in [3.05, 3.63) is 29.3 Å². The topological polar surface area (TPSA) is 23.5 Å². The van der Waals surface area contributed by atoms with Gasteiger partial charge in [0.1, 0.15) is 5.75 Å². The lowest BCUT2D eigenvalue weighted by atomic mass is 10.1. The van der Waals surface area contributed by atoms with Crippen molar-refractivity contribution >= 4 is 0 Å². The van der Waals surface area contributed by atoms with Crippen molar-refractivity contribution in [3.63, 3.8) is 0 Å². The third-order valence-electron chi connectivity index (χ3n) is 3.80. The maximum atomic E-state index is 9.77. The first-order valence-electron chi connectivity index (χ1n) is 5.91. The van der Waals surface area contributed by atoms with Crippen molar-refractivity contribution in [2.24, 2.45) is 0 Å². The van der Waals surface area contributed by atoms with E-state index in [1.165, 1.54) is 43.5 Å². The van der Waals surface area contributed by atoms with E-state index in [1.807, 2.05) is 12.1 Å². The van der Waals surface area contributed by atoms with Crippen molar-refractivity contribution in [1.82, 2.24) is 4.90 Å². The number of fused-ring (bicyclic) bond motifs is 1. The maximum Gasteiger partial charge on any atom is 0.119 e. The summed E-state index contributed by atoms with van der Waals surface area (Å²) in [6, 6.07) is 6.55. The van der Waals surface area contributed by atoms with Crippen LogP contribution >= 0.6 is 0 Å². The average Bonchev–Trinajstić information content (AvgIpc) is 2.85. The van der Waals surface area contributed by atoms with Gasteiger partial charge in [-0.2, -0.15) is 0 Å². The Labute approximate surface area is 90.5 Å². The Bertz CT molecular complexity index is 369. The van der Waals surface area contributed by atoms with Crippen LogP contribution in [0.25, 0.3) is 0 Å². The number of phenols is 1. The lowest BCUT2D eigenvalue weighted by Gasteiger charge is -2.24. The molecule has 0 aromatic heterocycles. The van der Waals surface area contributed by atoms with E-state index in [-0.39, 0.29) is 0 Å². The highest BCUT2D eigenvalue weighted by atomic mass is 16.3. The van der Waals surface area contributed by atoms with Gasteiger partial charge in [-0.3, -0.25) is 4.90 Å². The predicted octanol–water partition coefficient (Wildman–Crippen LogP) is 2.48. The number of likely N-dealkylation sites (tertiary alicyclic amines) is 1. The van der Waals surface area contributed by atoms with Gasteiger partial charge < -0.3 is 5.11 Å². The zero-order chi connectivity index (χ0) is 10.3. The summed E-state index contributed by atoms with van der Waals surface area (Å²) in [5.41, 5.74) is 2.56. The molecule has 1 heterocycles. The maximum absolute atomic E-state index is 9.77. The third-order valence-corrected chi connectivity index (χ3v) is 3.80. The molecule has 0 bridgehead atoms. The SMILES string of the molecule is Oc1cccc2c1CC[C@@H]2N1CCCC1. The number of benzene rings is 1. The van der Waals surface area contributed by atoms with Crippen LogP contribution in [0, 0.1) is 0 Å². The van der Waals surface area contributed by atoms with Crippen LogP contribution in [0.5, 0.6) is 5.75 Å². The smallest absolute Gasteiger partial charge is 0.119 e. The second-order valence-electron chi connectivity index (χ2n) is 4.64. The van der Waals surface area contributed by atoms with Crippen molar-refractivity contribution < 1.29 is 5.11 Å². The van der Waals surface area contributed by atoms with Gasteiger partial charge in [-0.25, -0.2) is 0 Å². The quantitative estimate of drug-likeness (QED) is 0.758. The zero-order valence-electron chi connectivity index (χ0n) is 8.95. The second-order valence-corrected chi connectivity index (χ2v) is 4.64. The number of hydrogen-bond acceptors (Lipinski definition) is 2. The summed E-state index contributed by atoms with van der Waals surface area (Å²) in [6.07, 6.45) is 4.91. The number of nitrogens with zero attached hydrogens (tertiary/aromatic N) is 1. The molecule has 1 saturated heterocycles. The molecule has 2 heteroatoms. The Hall–Kier alpha value is -1.02. The Kier molecular flexibility index (Phi) is 2.17. The molecule has 3 rings (SSSR count). The molecule has 0 saturated carbocycles. The van der Waals surface area contributed by atoms with E-state index < -0.39 is 0 Å². The Morgan fingerprint density at radius 2 is 2.00 bits per heavy atom. The fourth-order valence-electron chi connectivity index (χ4n) is 3.05. The number of hydrogen-bond donors (Lipinski definition) is 1. The minimum atomic E-state index is 0.495. The molecule has 1 aromatic rings. The van der Waals surface area contributed by atoms with Gasteiger partial charge >= 0.3 is 0 Å². The summed E-state index contributed by atoms with van der Waals surface area (Å²) in [5.74, 6) is 0.495. The summed E-state index contributed by atoms with van der Waals surface area (Å²) < 4.78 is 0. The van der Waals surface area contributed by atoms with Gasteiger partial charge in [0.25, 0.3) is 0 Å². The highest BCUT2D eigenvalue weighted by Crippen LogP contribution is 2.40. The van der Waals surface area contributed by atoms with E-state index in [9.17, 15) is 5.11 Å². The molecule has 1 atom stereocenters. The number of rotatable bonds is 1. The van der Waals surface area contributed by atoms with Gasteiger partial charge in [-0.05, 0) is 56.0 Å². The number of aromatic hydroxyl groups is 1. The van der Waals surface area contributed by atoms with E-state index in [4.69, 9.17) is 0 Å². The first-order valence-corrected chi connectivity index (χ1v) is 5.91. The lowest BCUT2D eigenvalue weighted by molar-refractivity contribution is 0.245. The molecular weight excluding hydrogens is 186 g/mol. The molecule has 1 aliphatic carbocycles. The van der Waals surface area contributed by atoms with E-state index in [0.717, 1.165) is 6.42 Å². The Balaban J connectivity index is 1.94. The molecule has 1 aromatic carbocycles. The molecule has 2 nitrogen and oxygen atoms in total. The minimum Gasteiger partial charge on any atom is -0.508 e. The highest BCUT2D eigenvalue weighted by molar-refractivity contribution is 5.44. The summed E-state index contributed by atoms with van der Waals surface area (Å²) >= 11 is 0.